The van der Waals surface area contributed by atoms with Crippen molar-refractivity contribution in [3.63, 3.8) is 0 Å². The summed E-state index contributed by atoms with van der Waals surface area (Å²) < 4.78 is 27.4. The van der Waals surface area contributed by atoms with Crippen molar-refractivity contribution in [3.05, 3.63) is 64.7 Å². The van der Waals surface area contributed by atoms with Crippen LogP contribution in [0.5, 0.6) is 0 Å². The van der Waals surface area contributed by atoms with Crippen LogP contribution >= 0.6 is 11.6 Å². The Balaban J connectivity index is 1.66. The monoisotopic (exact) mass is 519 g/mol. The van der Waals surface area contributed by atoms with E-state index in [0.29, 0.717) is 23.9 Å². The minimum absolute atomic E-state index is 0.0450. The van der Waals surface area contributed by atoms with E-state index in [1.165, 1.54) is 0 Å². The number of nitrogens with zero attached hydrogens (tertiary/aromatic N) is 1. The summed E-state index contributed by atoms with van der Waals surface area (Å²) in [6.07, 6.45) is 2.38. The summed E-state index contributed by atoms with van der Waals surface area (Å²) >= 11 is 5.99. The summed E-state index contributed by atoms with van der Waals surface area (Å²) in [6.45, 7) is 6.59. The average molecular weight is 520 g/mol. The van der Waals surface area contributed by atoms with E-state index in [1.54, 1.807) is 48.2 Å². The second-order valence-electron chi connectivity index (χ2n) is 9.50. The Kier molecular flexibility index (Phi) is 9.33. The molecule has 2 amide bonds. The molecule has 190 valence electrons. The normalized spacial score (nSPS) is 14.5. The highest BCUT2D eigenvalue weighted by Crippen LogP contribution is 2.22. The van der Waals surface area contributed by atoms with Crippen LogP contribution in [0.1, 0.15) is 51.2 Å². The number of aryl methyl sites for hydroxylation is 1. The fourth-order valence-corrected chi connectivity index (χ4v) is 4.97. The summed E-state index contributed by atoms with van der Waals surface area (Å²) in [5.74, 6) is -0.0455. The van der Waals surface area contributed by atoms with Gasteiger partial charge < -0.3 is 10.2 Å². The Labute approximate surface area is 213 Å². The first-order valence-electron chi connectivity index (χ1n) is 12.0. The van der Waals surface area contributed by atoms with Crippen molar-refractivity contribution in [2.24, 2.45) is 5.92 Å². The number of nitrogens with one attached hydrogen (secondary N) is 2. The maximum atomic E-state index is 13.2. The zero-order valence-corrected chi connectivity index (χ0v) is 22.0. The molecule has 9 heteroatoms. The summed E-state index contributed by atoms with van der Waals surface area (Å²) in [5, 5.41) is 3.51. The van der Waals surface area contributed by atoms with Crippen molar-refractivity contribution < 1.29 is 18.0 Å². The second kappa shape index (κ2) is 12.0. The SMILES string of the molecule is CC(C)CNC(=O)C(C)N(Cc1ccc(Cl)cc1)C(=O)CCc1ccc(S(=O)(=O)NC2CC2)cc1. The summed E-state index contributed by atoms with van der Waals surface area (Å²) in [7, 11) is -3.51. The molecule has 1 fully saturated rings. The van der Waals surface area contributed by atoms with E-state index in [9.17, 15) is 18.0 Å². The van der Waals surface area contributed by atoms with Crippen molar-refractivity contribution in [1.82, 2.24) is 14.9 Å². The van der Waals surface area contributed by atoms with Crippen LogP contribution in [-0.2, 0) is 32.6 Å². The highest BCUT2D eigenvalue weighted by atomic mass is 35.5. The Bertz CT molecular complexity index is 1110. The molecule has 0 bridgehead atoms. The van der Waals surface area contributed by atoms with Gasteiger partial charge >= 0.3 is 0 Å². The smallest absolute Gasteiger partial charge is 0.242 e. The molecule has 1 aliphatic carbocycles. The second-order valence-corrected chi connectivity index (χ2v) is 11.7. The molecule has 0 aliphatic heterocycles. The van der Waals surface area contributed by atoms with Crippen LogP contribution < -0.4 is 10.0 Å². The molecule has 2 aromatic rings. The van der Waals surface area contributed by atoms with E-state index in [2.05, 4.69) is 10.0 Å². The van der Waals surface area contributed by atoms with Crippen molar-refractivity contribution in [1.29, 1.82) is 0 Å². The average Bonchev–Trinajstić information content (AvgIpc) is 3.63. The zero-order chi connectivity index (χ0) is 25.6. The number of halogens is 1. The topological polar surface area (TPSA) is 95.6 Å². The van der Waals surface area contributed by atoms with E-state index in [-0.39, 0.29) is 35.7 Å². The van der Waals surface area contributed by atoms with E-state index in [0.717, 1.165) is 24.0 Å². The number of rotatable bonds is 12. The molecule has 1 aliphatic rings. The minimum atomic E-state index is -3.51. The molecule has 35 heavy (non-hydrogen) atoms. The fraction of sp³-hybridized carbons (Fsp3) is 0.462. The van der Waals surface area contributed by atoms with E-state index >= 15 is 0 Å². The van der Waals surface area contributed by atoms with Gasteiger partial charge in [-0.25, -0.2) is 13.1 Å². The van der Waals surface area contributed by atoms with E-state index in [4.69, 9.17) is 11.6 Å². The van der Waals surface area contributed by atoms with Gasteiger partial charge in [0.1, 0.15) is 6.04 Å². The number of hydrogen-bond donors (Lipinski definition) is 2. The molecular weight excluding hydrogens is 486 g/mol. The molecule has 0 radical (unpaired) electrons. The molecule has 3 rings (SSSR count). The molecule has 0 heterocycles. The molecule has 7 nitrogen and oxygen atoms in total. The number of hydrogen-bond acceptors (Lipinski definition) is 4. The largest absolute Gasteiger partial charge is 0.354 e. The van der Waals surface area contributed by atoms with Gasteiger partial charge in [0.25, 0.3) is 0 Å². The van der Waals surface area contributed by atoms with Crippen molar-refractivity contribution in [3.8, 4) is 0 Å². The maximum absolute atomic E-state index is 13.2. The van der Waals surface area contributed by atoms with E-state index in [1.807, 2.05) is 26.0 Å². The quantitative estimate of drug-likeness (QED) is 0.444. The first-order chi connectivity index (χ1) is 16.5. The predicted octanol–water partition coefficient (Wildman–Crippen LogP) is 3.90. The predicted molar refractivity (Wildman–Crippen MR) is 137 cm³/mol. The van der Waals surface area contributed by atoms with Gasteiger partial charge in [-0.05, 0) is 67.5 Å². The van der Waals surface area contributed by atoms with Crippen LogP contribution in [0.4, 0.5) is 0 Å². The third-order valence-electron chi connectivity index (χ3n) is 5.88. The van der Waals surface area contributed by atoms with Gasteiger partial charge in [0, 0.05) is 30.6 Å². The molecule has 0 spiro atoms. The first kappa shape index (κ1) is 27.2. The van der Waals surface area contributed by atoms with Gasteiger partial charge in [0.2, 0.25) is 21.8 Å². The van der Waals surface area contributed by atoms with Crippen molar-refractivity contribution in [2.75, 3.05) is 6.54 Å². The van der Waals surface area contributed by atoms with Gasteiger partial charge in [-0.1, -0.05) is 49.7 Å². The highest BCUT2D eigenvalue weighted by molar-refractivity contribution is 7.89. The Morgan fingerprint density at radius 2 is 1.60 bits per heavy atom. The molecule has 2 aromatic carbocycles. The van der Waals surface area contributed by atoms with Gasteiger partial charge in [-0.15, -0.1) is 0 Å². The lowest BCUT2D eigenvalue weighted by Crippen LogP contribution is -2.48. The maximum Gasteiger partial charge on any atom is 0.242 e. The fourth-order valence-electron chi connectivity index (χ4n) is 3.54. The number of carbonyl (C=O) groups excluding carboxylic acids is 2. The lowest BCUT2D eigenvalue weighted by molar-refractivity contribution is -0.140. The molecule has 1 unspecified atom stereocenters. The summed E-state index contributed by atoms with van der Waals surface area (Å²) in [5.41, 5.74) is 1.73. The number of carbonyl (C=O) groups is 2. The third kappa shape index (κ3) is 8.33. The van der Waals surface area contributed by atoms with Crippen LogP contribution in [0.15, 0.2) is 53.4 Å². The minimum Gasteiger partial charge on any atom is -0.354 e. The van der Waals surface area contributed by atoms with Gasteiger partial charge in [-0.3, -0.25) is 9.59 Å². The van der Waals surface area contributed by atoms with Crippen LogP contribution in [0, 0.1) is 5.92 Å². The van der Waals surface area contributed by atoms with Crippen LogP contribution in [0.3, 0.4) is 0 Å². The number of amides is 2. The Morgan fingerprint density at radius 1 is 1.00 bits per heavy atom. The Hall–Kier alpha value is -2.42. The number of benzene rings is 2. The van der Waals surface area contributed by atoms with Crippen molar-refractivity contribution in [2.45, 2.75) is 70.0 Å². The standard InChI is InChI=1S/C26H34ClN3O4S/c1-18(2)16-28-26(32)19(3)30(17-21-4-9-22(27)10-5-21)25(31)15-8-20-6-13-24(14-7-20)35(33,34)29-23-11-12-23/h4-7,9-10,13-14,18-19,23,29H,8,11-12,15-17H2,1-3H3,(H,28,32). The Morgan fingerprint density at radius 3 is 2.17 bits per heavy atom. The summed E-state index contributed by atoms with van der Waals surface area (Å²) in [6, 6.07) is 13.2. The van der Waals surface area contributed by atoms with Crippen LogP contribution in [-0.4, -0.2) is 43.8 Å². The van der Waals surface area contributed by atoms with E-state index < -0.39 is 16.1 Å². The molecule has 1 atom stereocenters. The first-order valence-corrected chi connectivity index (χ1v) is 13.8. The van der Waals surface area contributed by atoms with Crippen molar-refractivity contribution >= 4 is 33.4 Å². The van der Waals surface area contributed by atoms with Crippen LogP contribution in [0.2, 0.25) is 5.02 Å². The molecule has 0 saturated heterocycles. The van der Waals surface area contributed by atoms with Gasteiger partial charge in [0.05, 0.1) is 4.90 Å². The van der Waals surface area contributed by atoms with Crippen LogP contribution in [0.25, 0.3) is 0 Å². The number of sulfonamides is 1. The van der Waals surface area contributed by atoms with Gasteiger partial charge in [0.15, 0.2) is 0 Å². The third-order valence-corrected chi connectivity index (χ3v) is 7.67. The molecule has 0 aromatic heterocycles. The molecular formula is C26H34ClN3O4S. The van der Waals surface area contributed by atoms with Gasteiger partial charge in [-0.2, -0.15) is 0 Å². The summed E-state index contributed by atoms with van der Waals surface area (Å²) in [4.78, 5) is 27.8. The lowest BCUT2D eigenvalue weighted by atomic mass is 10.1. The zero-order valence-electron chi connectivity index (χ0n) is 20.5. The highest BCUT2D eigenvalue weighted by Gasteiger charge is 2.28. The lowest BCUT2D eigenvalue weighted by Gasteiger charge is -2.29. The molecule has 2 N–H and O–H groups in total. The molecule has 1 saturated carbocycles.